The standard InChI is InChI=1S/C11H7ClF3NO/c1-17-6-2-3-7-8(4-6)10(12)16-5-9(7)11(13,14)15/h2-5H,1H3. The second kappa shape index (κ2) is 4.07. The van der Waals surface area contributed by atoms with E-state index < -0.39 is 11.7 Å². The number of rotatable bonds is 1. The van der Waals surface area contributed by atoms with E-state index >= 15 is 0 Å². The zero-order chi connectivity index (χ0) is 12.6. The number of halogens is 4. The van der Waals surface area contributed by atoms with Gasteiger partial charge in [0, 0.05) is 11.6 Å². The molecule has 6 heteroatoms. The van der Waals surface area contributed by atoms with Gasteiger partial charge in [-0.05, 0) is 23.6 Å². The van der Waals surface area contributed by atoms with Gasteiger partial charge >= 0.3 is 6.18 Å². The van der Waals surface area contributed by atoms with E-state index in [9.17, 15) is 13.2 Å². The van der Waals surface area contributed by atoms with Crippen LogP contribution in [-0.4, -0.2) is 12.1 Å². The minimum atomic E-state index is -4.45. The van der Waals surface area contributed by atoms with Crippen LogP contribution in [0.2, 0.25) is 5.15 Å². The second-order valence-electron chi connectivity index (χ2n) is 3.37. The highest BCUT2D eigenvalue weighted by atomic mass is 35.5. The van der Waals surface area contributed by atoms with Gasteiger partial charge in [-0.15, -0.1) is 0 Å². The van der Waals surface area contributed by atoms with Crippen LogP contribution in [0.4, 0.5) is 13.2 Å². The first-order chi connectivity index (χ1) is 7.93. The summed E-state index contributed by atoms with van der Waals surface area (Å²) in [7, 11) is 1.43. The Morgan fingerprint density at radius 1 is 1.24 bits per heavy atom. The van der Waals surface area contributed by atoms with Gasteiger partial charge in [0.2, 0.25) is 0 Å². The topological polar surface area (TPSA) is 22.1 Å². The third-order valence-electron chi connectivity index (χ3n) is 2.35. The third kappa shape index (κ3) is 2.15. The second-order valence-corrected chi connectivity index (χ2v) is 3.73. The lowest BCUT2D eigenvalue weighted by Crippen LogP contribution is -2.06. The van der Waals surface area contributed by atoms with Gasteiger partial charge in [-0.3, -0.25) is 0 Å². The molecule has 0 radical (unpaired) electrons. The highest BCUT2D eigenvalue weighted by Gasteiger charge is 2.33. The number of alkyl halides is 3. The first-order valence-electron chi connectivity index (χ1n) is 4.63. The molecule has 2 aromatic rings. The van der Waals surface area contributed by atoms with Crippen LogP contribution >= 0.6 is 11.6 Å². The summed E-state index contributed by atoms with van der Waals surface area (Å²) >= 11 is 5.77. The number of ether oxygens (including phenoxy) is 1. The molecule has 2 rings (SSSR count). The van der Waals surface area contributed by atoms with Crippen molar-refractivity contribution in [2.24, 2.45) is 0 Å². The van der Waals surface area contributed by atoms with Crippen molar-refractivity contribution in [3.8, 4) is 5.75 Å². The molecule has 2 nitrogen and oxygen atoms in total. The summed E-state index contributed by atoms with van der Waals surface area (Å²) in [4.78, 5) is 3.54. The van der Waals surface area contributed by atoms with Crippen LogP contribution in [0, 0.1) is 0 Å². The maximum atomic E-state index is 12.7. The lowest BCUT2D eigenvalue weighted by molar-refractivity contribution is -0.136. The van der Waals surface area contributed by atoms with E-state index in [1.807, 2.05) is 0 Å². The molecule has 1 aromatic heterocycles. The number of benzene rings is 1. The van der Waals surface area contributed by atoms with Crippen LogP contribution in [0.1, 0.15) is 5.56 Å². The van der Waals surface area contributed by atoms with Crippen LogP contribution in [0.15, 0.2) is 24.4 Å². The van der Waals surface area contributed by atoms with Gasteiger partial charge in [0.15, 0.2) is 0 Å². The molecule has 0 aliphatic heterocycles. The van der Waals surface area contributed by atoms with Gasteiger partial charge < -0.3 is 4.74 Å². The molecule has 0 saturated carbocycles. The monoisotopic (exact) mass is 261 g/mol. The lowest BCUT2D eigenvalue weighted by Gasteiger charge is -2.11. The molecule has 0 aliphatic carbocycles. The molecule has 0 aliphatic rings. The Morgan fingerprint density at radius 3 is 2.53 bits per heavy atom. The minimum Gasteiger partial charge on any atom is -0.497 e. The number of hydrogen-bond acceptors (Lipinski definition) is 2. The van der Waals surface area contributed by atoms with Crippen LogP contribution < -0.4 is 4.74 Å². The first kappa shape index (κ1) is 12.0. The summed E-state index contributed by atoms with van der Waals surface area (Å²) < 4.78 is 43.1. The molecule has 0 fully saturated rings. The Balaban J connectivity index is 2.78. The van der Waals surface area contributed by atoms with Crippen molar-refractivity contribution in [2.45, 2.75) is 6.18 Å². The minimum absolute atomic E-state index is 0.0123. The molecule has 1 aromatic carbocycles. The summed E-state index contributed by atoms with van der Waals surface area (Å²) in [5.74, 6) is 0.431. The highest BCUT2D eigenvalue weighted by molar-refractivity contribution is 6.34. The van der Waals surface area contributed by atoms with Crippen molar-refractivity contribution in [1.82, 2.24) is 4.98 Å². The number of nitrogens with zero attached hydrogens (tertiary/aromatic N) is 1. The van der Waals surface area contributed by atoms with Gasteiger partial charge in [0.05, 0.1) is 12.7 Å². The predicted octanol–water partition coefficient (Wildman–Crippen LogP) is 3.92. The van der Waals surface area contributed by atoms with E-state index in [1.165, 1.54) is 25.3 Å². The molecular formula is C11H7ClF3NO. The van der Waals surface area contributed by atoms with E-state index in [0.717, 1.165) is 6.20 Å². The van der Waals surface area contributed by atoms with Gasteiger partial charge in [-0.2, -0.15) is 13.2 Å². The van der Waals surface area contributed by atoms with E-state index in [0.29, 0.717) is 5.75 Å². The average molecular weight is 262 g/mol. The van der Waals surface area contributed by atoms with Gasteiger partial charge in [-0.25, -0.2) is 4.98 Å². The van der Waals surface area contributed by atoms with Crippen LogP contribution in [-0.2, 0) is 6.18 Å². The molecule has 0 amide bonds. The highest BCUT2D eigenvalue weighted by Crippen LogP contribution is 2.37. The number of hydrogen-bond donors (Lipinski definition) is 0. The Hall–Kier alpha value is -1.49. The van der Waals surface area contributed by atoms with Gasteiger partial charge in [-0.1, -0.05) is 11.6 Å². The molecule has 0 N–H and O–H groups in total. The van der Waals surface area contributed by atoms with E-state index in [-0.39, 0.29) is 15.9 Å². The predicted molar refractivity (Wildman–Crippen MR) is 58.3 cm³/mol. The number of fused-ring (bicyclic) bond motifs is 1. The Labute approximate surface area is 100.0 Å². The normalized spacial score (nSPS) is 11.8. The van der Waals surface area contributed by atoms with E-state index in [4.69, 9.17) is 16.3 Å². The average Bonchev–Trinajstić information content (AvgIpc) is 2.27. The third-order valence-corrected chi connectivity index (χ3v) is 2.65. The summed E-state index contributed by atoms with van der Waals surface area (Å²) in [6.45, 7) is 0. The van der Waals surface area contributed by atoms with E-state index in [1.54, 1.807) is 0 Å². The maximum Gasteiger partial charge on any atom is 0.418 e. The van der Waals surface area contributed by atoms with Gasteiger partial charge in [0.1, 0.15) is 10.9 Å². The fourth-order valence-electron chi connectivity index (χ4n) is 1.54. The van der Waals surface area contributed by atoms with Crippen molar-refractivity contribution in [1.29, 1.82) is 0 Å². The Kier molecular flexibility index (Phi) is 2.87. The number of aromatic nitrogens is 1. The smallest absolute Gasteiger partial charge is 0.418 e. The van der Waals surface area contributed by atoms with Crippen LogP contribution in [0.25, 0.3) is 10.8 Å². The summed E-state index contributed by atoms with van der Waals surface area (Å²) in [5, 5.41) is 0.256. The quantitative estimate of drug-likeness (QED) is 0.726. The molecule has 0 atom stereocenters. The Morgan fingerprint density at radius 2 is 1.94 bits per heavy atom. The molecular weight excluding hydrogens is 255 g/mol. The molecule has 90 valence electrons. The molecule has 0 spiro atoms. The van der Waals surface area contributed by atoms with Crippen LogP contribution in [0.3, 0.4) is 0 Å². The lowest BCUT2D eigenvalue weighted by atomic mass is 10.1. The van der Waals surface area contributed by atoms with E-state index in [2.05, 4.69) is 4.98 Å². The summed E-state index contributed by atoms with van der Waals surface area (Å²) in [5.41, 5.74) is -0.806. The summed E-state index contributed by atoms with van der Waals surface area (Å²) in [6, 6.07) is 4.21. The maximum absolute atomic E-state index is 12.7. The molecule has 17 heavy (non-hydrogen) atoms. The summed E-state index contributed by atoms with van der Waals surface area (Å²) in [6.07, 6.45) is -3.72. The largest absolute Gasteiger partial charge is 0.497 e. The fraction of sp³-hybridized carbons (Fsp3) is 0.182. The molecule has 0 unspecified atom stereocenters. The van der Waals surface area contributed by atoms with Gasteiger partial charge in [0.25, 0.3) is 0 Å². The SMILES string of the molecule is COc1ccc2c(C(F)(F)F)cnc(Cl)c2c1. The number of pyridine rings is 1. The van der Waals surface area contributed by atoms with Crippen molar-refractivity contribution >= 4 is 22.4 Å². The van der Waals surface area contributed by atoms with Crippen LogP contribution in [0.5, 0.6) is 5.75 Å². The Bertz CT molecular complexity index is 568. The van der Waals surface area contributed by atoms with Crippen molar-refractivity contribution in [3.63, 3.8) is 0 Å². The molecule has 0 saturated heterocycles. The zero-order valence-electron chi connectivity index (χ0n) is 8.68. The zero-order valence-corrected chi connectivity index (χ0v) is 9.43. The van der Waals surface area contributed by atoms with Crippen molar-refractivity contribution in [3.05, 3.63) is 35.1 Å². The molecule has 1 heterocycles. The van der Waals surface area contributed by atoms with Crippen molar-refractivity contribution < 1.29 is 17.9 Å². The first-order valence-corrected chi connectivity index (χ1v) is 5.00. The number of methoxy groups -OCH3 is 1. The fourth-order valence-corrected chi connectivity index (χ4v) is 1.75. The molecule has 0 bridgehead atoms. The van der Waals surface area contributed by atoms with Crippen molar-refractivity contribution in [2.75, 3.05) is 7.11 Å².